The highest BCUT2D eigenvalue weighted by Crippen LogP contribution is 2.27. The number of sulfone groups is 1. The van der Waals surface area contributed by atoms with E-state index in [0.29, 0.717) is 24.1 Å². The van der Waals surface area contributed by atoms with Gasteiger partial charge in [-0.2, -0.15) is 0 Å². The van der Waals surface area contributed by atoms with Crippen LogP contribution >= 0.6 is 0 Å². The summed E-state index contributed by atoms with van der Waals surface area (Å²) in [4.78, 5) is 2.37. The first-order chi connectivity index (χ1) is 8.02. The van der Waals surface area contributed by atoms with Crippen LogP contribution in [0.3, 0.4) is 0 Å². The maximum atomic E-state index is 11.7. The molecular formula is C12H24N2O2S. The summed E-state index contributed by atoms with van der Waals surface area (Å²) >= 11 is 0. The molecule has 0 bridgehead atoms. The van der Waals surface area contributed by atoms with Crippen molar-refractivity contribution in [3.63, 3.8) is 0 Å². The second-order valence-corrected chi connectivity index (χ2v) is 7.90. The minimum absolute atomic E-state index is 0.217. The monoisotopic (exact) mass is 260 g/mol. The quantitative estimate of drug-likeness (QED) is 0.791. The molecule has 2 saturated heterocycles. The first kappa shape index (κ1) is 13.3. The summed E-state index contributed by atoms with van der Waals surface area (Å²) in [5, 5.41) is 0. The highest BCUT2D eigenvalue weighted by atomic mass is 32.2. The summed E-state index contributed by atoms with van der Waals surface area (Å²) in [6.07, 6.45) is 4.13. The van der Waals surface area contributed by atoms with Crippen LogP contribution in [0.4, 0.5) is 0 Å². The molecule has 2 aliphatic heterocycles. The SMILES string of the molecule is CC1CCN(C2CCCS(=O)(=O)C2)C(CN)C1. The van der Waals surface area contributed by atoms with E-state index in [-0.39, 0.29) is 6.04 Å². The van der Waals surface area contributed by atoms with Gasteiger partial charge in [-0.1, -0.05) is 6.92 Å². The van der Waals surface area contributed by atoms with Gasteiger partial charge in [-0.15, -0.1) is 0 Å². The van der Waals surface area contributed by atoms with Crippen LogP contribution in [-0.2, 0) is 9.84 Å². The summed E-state index contributed by atoms with van der Waals surface area (Å²) in [7, 11) is -2.81. The van der Waals surface area contributed by atoms with Gasteiger partial charge in [0.25, 0.3) is 0 Å². The minimum Gasteiger partial charge on any atom is -0.329 e. The number of nitrogens with two attached hydrogens (primary N) is 1. The van der Waals surface area contributed by atoms with Gasteiger partial charge in [0.15, 0.2) is 9.84 Å². The lowest BCUT2D eigenvalue weighted by molar-refractivity contribution is 0.0790. The van der Waals surface area contributed by atoms with Gasteiger partial charge >= 0.3 is 0 Å². The highest BCUT2D eigenvalue weighted by Gasteiger charge is 2.35. The van der Waals surface area contributed by atoms with Crippen LogP contribution in [0.1, 0.15) is 32.6 Å². The van der Waals surface area contributed by atoms with Crippen LogP contribution in [0.5, 0.6) is 0 Å². The van der Waals surface area contributed by atoms with E-state index in [1.54, 1.807) is 0 Å². The Kier molecular flexibility index (Phi) is 4.10. The Bertz CT molecular complexity index is 356. The van der Waals surface area contributed by atoms with Crippen LogP contribution < -0.4 is 5.73 Å². The second-order valence-electron chi connectivity index (χ2n) is 5.67. The van der Waals surface area contributed by atoms with Crippen LogP contribution in [0.2, 0.25) is 0 Å². The Labute approximate surface area is 104 Å². The van der Waals surface area contributed by atoms with E-state index in [2.05, 4.69) is 11.8 Å². The number of rotatable bonds is 2. The molecule has 4 nitrogen and oxygen atoms in total. The Morgan fingerprint density at radius 1 is 1.35 bits per heavy atom. The standard InChI is InChI=1S/C12H24N2O2S/c1-10-4-5-14(12(7-10)8-13)11-3-2-6-17(15,16)9-11/h10-12H,2-9,13H2,1H3. The van der Waals surface area contributed by atoms with Gasteiger partial charge in [-0.3, -0.25) is 4.90 Å². The Balaban J connectivity index is 2.05. The Morgan fingerprint density at radius 3 is 2.76 bits per heavy atom. The summed E-state index contributed by atoms with van der Waals surface area (Å²) in [5.74, 6) is 1.44. The van der Waals surface area contributed by atoms with Crippen molar-refractivity contribution >= 4 is 9.84 Å². The highest BCUT2D eigenvalue weighted by molar-refractivity contribution is 7.91. The summed E-state index contributed by atoms with van der Waals surface area (Å²) < 4.78 is 23.4. The van der Waals surface area contributed by atoms with Crippen LogP contribution in [0.25, 0.3) is 0 Å². The fourth-order valence-corrected chi connectivity index (χ4v) is 4.96. The zero-order valence-electron chi connectivity index (χ0n) is 10.6. The van der Waals surface area contributed by atoms with E-state index in [0.717, 1.165) is 31.7 Å². The molecule has 100 valence electrons. The van der Waals surface area contributed by atoms with E-state index in [4.69, 9.17) is 5.73 Å². The Hall–Kier alpha value is -0.130. The van der Waals surface area contributed by atoms with Crippen molar-refractivity contribution in [2.75, 3.05) is 24.6 Å². The zero-order valence-corrected chi connectivity index (χ0v) is 11.5. The van der Waals surface area contributed by atoms with Crippen molar-refractivity contribution in [1.82, 2.24) is 4.90 Å². The van der Waals surface area contributed by atoms with Crippen molar-refractivity contribution in [3.8, 4) is 0 Å². The van der Waals surface area contributed by atoms with Gasteiger partial charge in [-0.25, -0.2) is 8.42 Å². The number of likely N-dealkylation sites (tertiary alicyclic amines) is 1. The van der Waals surface area contributed by atoms with Crippen molar-refractivity contribution in [3.05, 3.63) is 0 Å². The number of hydrogen-bond donors (Lipinski definition) is 1. The van der Waals surface area contributed by atoms with Gasteiger partial charge in [0.1, 0.15) is 0 Å². The molecule has 2 N–H and O–H groups in total. The molecule has 5 heteroatoms. The third kappa shape index (κ3) is 3.20. The topological polar surface area (TPSA) is 63.4 Å². The average molecular weight is 260 g/mol. The summed E-state index contributed by atoms with van der Waals surface area (Å²) in [6.45, 7) is 3.93. The average Bonchev–Trinajstić information content (AvgIpc) is 2.27. The molecule has 0 aromatic carbocycles. The normalized spacial score (nSPS) is 39.1. The largest absolute Gasteiger partial charge is 0.329 e. The molecule has 2 fully saturated rings. The third-order valence-electron chi connectivity index (χ3n) is 4.20. The maximum Gasteiger partial charge on any atom is 0.151 e. The van der Waals surface area contributed by atoms with Crippen molar-refractivity contribution in [2.45, 2.75) is 44.7 Å². The van der Waals surface area contributed by atoms with E-state index in [1.807, 2.05) is 0 Å². The van der Waals surface area contributed by atoms with Crippen molar-refractivity contribution in [1.29, 1.82) is 0 Å². The maximum absolute atomic E-state index is 11.7. The van der Waals surface area contributed by atoms with Gasteiger partial charge in [0.05, 0.1) is 11.5 Å². The molecule has 17 heavy (non-hydrogen) atoms. The smallest absolute Gasteiger partial charge is 0.151 e. The van der Waals surface area contributed by atoms with Gasteiger partial charge in [-0.05, 0) is 38.1 Å². The molecular weight excluding hydrogens is 236 g/mol. The van der Waals surface area contributed by atoms with Crippen LogP contribution in [0.15, 0.2) is 0 Å². The molecule has 0 amide bonds. The van der Waals surface area contributed by atoms with Crippen molar-refractivity contribution < 1.29 is 8.42 Å². The first-order valence-corrected chi connectivity index (χ1v) is 8.50. The molecule has 2 rings (SSSR count). The minimum atomic E-state index is -2.81. The van der Waals surface area contributed by atoms with E-state index >= 15 is 0 Å². The van der Waals surface area contributed by atoms with Gasteiger partial charge < -0.3 is 5.73 Å². The lowest BCUT2D eigenvalue weighted by atomic mass is 9.90. The molecule has 0 saturated carbocycles. The Morgan fingerprint density at radius 2 is 2.12 bits per heavy atom. The number of nitrogens with zero attached hydrogens (tertiary/aromatic N) is 1. The van der Waals surface area contributed by atoms with Crippen molar-refractivity contribution in [2.24, 2.45) is 11.7 Å². The fraction of sp³-hybridized carbons (Fsp3) is 1.00. The van der Waals surface area contributed by atoms with E-state index in [1.165, 1.54) is 6.42 Å². The molecule has 0 radical (unpaired) electrons. The zero-order chi connectivity index (χ0) is 12.5. The number of hydrogen-bond acceptors (Lipinski definition) is 4. The molecule has 0 aromatic rings. The fourth-order valence-electron chi connectivity index (χ4n) is 3.24. The van der Waals surface area contributed by atoms with Gasteiger partial charge in [0.2, 0.25) is 0 Å². The van der Waals surface area contributed by atoms with E-state index < -0.39 is 9.84 Å². The first-order valence-electron chi connectivity index (χ1n) is 6.68. The number of piperidine rings is 1. The molecule has 0 aliphatic carbocycles. The summed E-state index contributed by atoms with van der Waals surface area (Å²) in [5.41, 5.74) is 5.84. The molecule has 0 spiro atoms. The van der Waals surface area contributed by atoms with Crippen LogP contribution in [-0.4, -0.2) is 50.0 Å². The molecule has 0 aromatic heterocycles. The van der Waals surface area contributed by atoms with E-state index in [9.17, 15) is 8.42 Å². The predicted molar refractivity (Wildman–Crippen MR) is 69.6 cm³/mol. The summed E-state index contributed by atoms with van der Waals surface area (Å²) in [6, 6.07) is 0.604. The molecule has 2 heterocycles. The predicted octanol–water partition coefficient (Wildman–Crippen LogP) is 0.623. The second kappa shape index (κ2) is 5.24. The molecule has 3 unspecified atom stereocenters. The molecule has 3 atom stereocenters. The lowest BCUT2D eigenvalue weighted by Crippen LogP contribution is -2.54. The lowest BCUT2D eigenvalue weighted by Gasteiger charge is -2.44. The van der Waals surface area contributed by atoms with Crippen LogP contribution in [0, 0.1) is 5.92 Å². The van der Waals surface area contributed by atoms with Gasteiger partial charge in [0, 0.05) is 18.6 Å². The molecule has 2 aliphatic rings. The third-order valence-corrected chi connectivity index (χ3v) is 6.01.